The summed E-state index contributed by atoms with van der Waals surface area (Å²) in [5.74, 6) is 0. The van der Waals surface area contributed by atoms with Crippen LogP contribution < -0.4 is 0 Å². The van der Waals surface area contributed by atoms with Crippen LogP contribution in [0.3, 0.4) is 0 Å². The van der Waals surface area contributed by atoms with Gasteiger partial charge in [-0.2, -0.15) is 0 Å². The van der Waals surface area contributed by atoms with E-state index >= 15 is 0 Å². The van der Waals surface area contributed by atoms with Crippen molar-refractivity contribution in [1.29, 1.82) is 0 Å². The lowest BCUT2D eigenvalue weighted by atomic mass is 10.1. The highest BCUT2D eigenvalue weighted by molar-refractivity contribution is 9.10. The number of hydrogen-bond donors (Lipinski definition) is 0. The van der Waals surface area contributed by atoms with E-state index in [9.17, 15) is 0 Å². The number of hydrogen-bond acceptors (Lipinski definition) is 1. The number of nitrogens with zero attached hydrogens (tertiary/aromatic N) is 2. The molecule has 86 valence electrons. The van der Waals surface area contributed by atoms with Crippen molar-refractivity contribution >= 4 is 27.8 Å². The normalized spacial score (nSPS) is 11.2. The van der Waals surface area contributed by atoms with Crippen molar-refractivity contribution in [3.05, 3.63) is 40.4 Å². The quantitative estimate of drug-likeness (QED) is 0.610. The van der Waals surface area contributed by atoms with Gasteiger partial charge in [0, 0.05) is 30.3 Å². The predicted molar refractivity (Wildman–Crippen MR) is 74.0 cm³/mol. The lowest BCUT2D eigenvalue weighted by molar-refractivity contribution is -0.458. The summed E-state index contributed by atoms with van der Waals surface area (Å²) in [5.41, 5.74) is 2.41. The monoisotopic (exact) mass is 281 g/mol. The molecule has 0 N–H and O–H groups in total. The van der Waals surface area contributed by atoms with E-state index in [1.54, 1.807) is 0 Å². The minimum atomic E-state index is 1.10. The molecule has 0 aliphatic rings. The predicted octanol–water partition coefficient (Wildman–Crippen LogP) is 2.69. The summed E-state index contributed by atoms with van der Waals surface area (Å²) in [6.07, 6.45) is 4.17. The third-order valence-electron chi connectivity index (χ3n) is 2.15. The topological polar surface area (TPSA) is 6.25 Å². The highest BCUT2D eigenvalue weighted by atomic mass is 79.9. The Labute approximate surface area is 106 Å². The number of halogens is 1. The summed E-state index contributed by atoms with van der Waals surface area (Å²) in [5, 5.41) is 0. The largest absolute Gasteiger partial charge is 0.377 e. The van der Waals surface area contributed by atoms with E-state index in [2.05, 4.69) is 71.5 Å². The molecular formula is C13H18BrN2+. The molecule has 0 atom stereocenters. The molecule has 0 fully saturated rings. The van der Waals surface area contributed by atoms with Crippen molar-refractivity contribution in [2.45, 2.75) is 0 Å². The van der Waals surface area contributed by atoms with Crippen molar-refractivity contribution in [2.75, 3.05) is 28.2 Å². The van der Waals surface area contributed by atoms with Gasteiger partial charge in [0.1, 0.15) is 14.1 Å². The molecule has 0 saturated carbocycles. The molecule has 0 aromatic heterocycles. The fourth-order valence-electron chi connectivity index (χ4n) is 1.34. The van der Waals surface area contributed by atoms with Crippen molar-refractivity contribution in [3.63, 3.8) is 0 Å². The van der Waals surface area contributed by atoms with E-state index in [0.29, 0.717) is 0 Å². The number of benzene rings is 1. The van der Waals surface area contributed by atoms with Gasteiger partial charge in [-0.1, -0.05) is 28.1 Å². The zero-order valence-corrected chi connectivity index (χ0v) is 11.8. The Morgan fingerprint density at radius 3 is 2.19 bits per heavy atom. The maximum Gasteiger partial charge on any atom is 0.164 e. The van der Waals surface area contributed by atoms with Crippen molar-refractivity contribution < 1.29 is 4.58 Å². The van der Waals surface area contributed by atoms with Gasteiger partial charge >= 0.3 is 0 Å². The maximum atomic E-state index is 3.44. The molecule has 3 heteroatoms. The molecule has 2 nitrogen and oxygen atoms in total. The molecule has 1 rings (SSSR count). The first-order valence-electron chi connectivity index (χ1n) is 5.15. The third-order valence-corrected chi connectivity index (χ3v) is 2.68. The first-order chi connectivity index (χ1) is 7.50. The van der Waals surface area contributed by atoms with Crippen molar-refractivity contribution in [3.8, 4) is 0 Å². The van der Waals surface area contributed by atoms with Crippen LogP contribution in [0.5, 0.6) is 0 Å². The summed E-state index contributed by atoms with van der Waals surface area (Å²) in [6, 6.07) is 8.34. The Hall–Kier alpha value is -1.09. The van der Waals surface area contributed by atoms with Gasteiger partial charge < -0.3 is 4.90 Å². The molecule has 0 unspecified atom stereocenters. The smallest absolute Gasteiger partial charge is 0.164 e. The molecule has 0 aliphatic carbocycles. The molecule has 16 heavy (non-hydrogen) atoms. The van der Waals surface area contributed by atoms with Gasteiger partial charge in [0.25, 0.3) is 0 Å². The first-order valence-corrected chi connectivity index (χ1v) is 5.95. The lowest BCUT2D eigenvalue weighted by Crippen LogP contribution is -2.11. The molecule has 0 aliphatic heterocycles. The Bertz CT molecular complexity index is 398. The van der Waals surface area contributed by atoms with Gasteiger partial charge in [-0.3, -0.25) is 0 Å². The summed E-state index contributed by atoms with van der Waals surface area (Å²) in [7, 11) is 8.14. The standard InChI is InChI=1S/C13H18BrN2/c1-15(2)10-9-13(16(3)4)11-5-7-12(14)8-6-11/h5-10H,1-4H3/q+1. The van der Waals surface area contributed by atoms with Gasteiger partial charge in [0.15, 0.2) is 6.21 Å². The average molecular weight is 282 g/mol. The summed E-state index contributed by atoms with van der Waals surface area (Å²) >= 11 is 3.44. The summed E-state index contributed by atoms with van der Waals surface area (Å²) in [4.78, 5) is 2.11. The van der Waals surface area contributed by atoms with Crippen LogP contribution in [0, 0.1) is 0 Å². The second kappa shape index (κ2) is 5.85. The molecule has 0 amide bonds. The highest BCUT2D eigenvalue weighted by Crippen LogP contribution is 2.18. The Balaban J connectivity index is 3.08. The minimum absolute atomic E-state index is 1.10. The van der Waals surface area contributed by atoms with E-state index in [0.717, 1.165) is 4.47 Å². The van der Waals surface area contributed by atoms with Gasteiger partial charge in [-0.05, 0) is 17.7 Å². The van der Waals surface area contributed by atoms with E-state index in [-0.39, 0.29) is 0 Å². The van der Waals surface area contributed by atoms with E-state index < -0.39 is 0 Å². The molecule has 0 bridgehead atoms. The first kappa shape index (κ1) is 13.0. The molecule has 0 radical (unpaired) electrons. The lowest BCUT2D eigenvalue weighted by Gasteiger charge is -2.16. The van der Waals surface area contributed by atoms with E-state index in [4.69, 9.17) is 0 Å². The second-order valence-electron chi connectivity index (χ2n) is 4.07. The number of allylic oxidation sites excluding steroid dienone is 1. The fraction of sp³-hybridized carbons (Fsp3) is 0.308. The van der Waals surface area contributed by atoms with Gasteiger partial charge in [0.05, 0.1) is 0 Å². The van der Waals surface area contributed by atoms with Crippen LogP contribution in [-0.2, 0) is 0 Å². The highest BCUT2D eigenvalue weighted by Gasteiger charge is 2.03. The van der Waals surface area contributed by atoms with Crippen LogP contribution in [0.4, 0.5) is 0 Å². The van der Waals surface area contributed by atoms with Crippen LogP contribution in [0.2, 0.25) is 0 Å². The summed E-state index contributed by atoms with van der Waals surface area (Å²) in [6.45, 7) is 0. The third kappa shape index (κ3) is 3.81. The van der Waals surface area contributed by atoms with Crippen molar-refractivity contribution in [2.24, 2.45) is 0 Å². The Morgan fingerprint density at radius 2 is 1.75 bits per heavy atom. The molecule has 0 spiro atoms. The van der Waals surface area contributed by atoms with E-state index in [1.807, 2.05) is 18.7 Å². The van der Waals surface area contributed by atoms with Crippen LogP contribution >= 0.6 is 15.9 Å². The Kier molecular flexibility index (Phi) is 4.74. The van der Waals surface area contributed by atoms with Crippen LogP contribution in [0.1, 0.15) is 5.56 Å². The zero-order valence-electron chi connectivity index (χ0n) is 10.2. The Morgan fingerprint density at radius 1 is 1.19 bits per heavy atom. The average Bonchev–Trinajstić information content (AvgIpc) is 2.20. The minimum Gasteiger partial charge on any atom is -0.377 e. The molecule has 1 aromatic rings. The molecule has 1 aromatic carbocycles. The maximum absolute atomic E-state index is 3.44. The van der Waals surface area contributed by atoms with E-state index in [1.165, 1.54) is 11.3 Å². The van der Waals surface area contributed by atoms with Gasteiger partial charge in [-0.15, -0.1) is 0 Å². The fourth-order valence-corrected chi connectivity index (χ4v) is 1.61. The zero-order chi connectivity index (χ0) is 12.1. The molecular weight excluding hydrogens is 264 g/mol. The van der Waals surface area contributed by atoms with Crippen LogP contribution in [0.15, 0.2) is 34.8 Å². The van der Waals surface area contributed by atoms with Crippen LogP contribution in [0.25, 0.3) is 5.70 Å². The number of rotatable bonds is 3. The van der Waals surface area contributed by atoms with Gasteiger partial charge in [-0.25, -0.2) is 4.58 Å². The SMILES string of the molecule is CN(C)/C(=C/C=[N+](C)C)c1ccc(Br)cc1. The summed E-state index contributed by atoms with van der Waals surface area (Å²) < 4.78 is 3.13. The second-order valence-corrected chi connectivity index (χ2v) is 4.98. The van der Waals surface area contributed by atoms with Gasteiger partial charge in [0.2, 0.25) is 0 Å². The molecule has 0 heterocycles. The molecule has 0 saturated heterocycles. The van der Waals surface area contributed by atoms with Crippen LogP contribution in [-0.4, -0.2) is 43.9 Å². The van der Waals surface area contributed by atoms with Crippen molar-refractivity contribution in [1.82, 2.24) is 4.90 Å².